The first-order valence-electron chi connectivity index (χ1n) is 21.3. The largest absolute Gasteiger partial charge is 0.462 e. The lowest BCUT2D eigenvalue weighted by molar-refractivity contribution is -0.150. The van der Waals surface area contributed by atoms with Gasteiger partial charge < -0.3 is 28.6 Å². The van der Waals surface area contributed by atoms with Gasteiger partial charge in [0.1, 0.15) is 23.6 Å². The molecule has 0 amide bonds. The third-order valence-electron chi connectivity index (χ3n) is 11.1. The Morgan fingerprint density at radius 3 is 1.85 bits per heavy atom. The first-order chi connectivity index (χ1) is 31.3. The molecule has 2 aromatic heterocycles. The highest BCUT2D eigenvalue weighted by atomic mass is 35.5. The molecule has 18 nitrogen and oxygen atoms in total. The van der Waals surface area contributed by atoms with Crippen molar-refractivity contribution in [3.05, 3.63) is 108 Å². The van der Waals surface area contributed by atoms with Gasteiger partial charge in [0.2, 0.25) is 5.28 Å². The fourth-order valence-electron chi connectivity index (χ4n) is 7.86. The smallest absolute Gasteiger partial charge is 0.459 e. The van der Waals surface area contributed by atoms with Crippen LogP contribution in [0, 0.1) is 11.3 Å². The molecule has 0 radical (unpaired) electrons. The van der Waals surface area contributed by atoms with Gasteiger partial charge in [0, 0.05) is 12.5 Å². The number of halogens is 2. The number of hydrogen-bond acceptors (Lipinski definition) is 15. The second kappa shape index (κ2) is 20.1. The van der Waals surface area contributed by atoms with Crippen LogP contribution in [-0.4, -0.2) is 80.7 Å². The van der Waals surface area contributed by atoms with E-state index >= 15 is 4.39 Å². The number of hydrogen-bond donors (Lipinski definition) is 3. The number of rotatable bonds is 22. The van der Waals surface area contributed by atoms with Crippen LogP contribution in [0.3, 0.4) is 0 Å². The van der Waals surface area contributed by atoms with Crippen molar-refractivity contribution < 1.29 is 55.4 Å². The third kappa shape index (κ3) is 10.7. The molecule has 354 valence electrons. The number of anilines is 1. The summed E-state index contributed by atoms with van der Waals surface area (Å²) in [7, 11) is -9.04. The van der Waals surface area contributed by atoms with Crippen molar-refractivity contribution in [1.29, 1.82) is 0 Å². The first kappa shape index (κ1) is 48.9. The molecule has 3 heterocycles. The fourth-order valence-corrected chi connectivity index (χ4v) is 11.1. The van der Waals surface area contributed by atoms with E-state index in [1.165, 1.54) is 36.9 Å². The molecule has 1 aliphatic heterocycles. The maximum atomic E-state index is 18.0. The van der Waals surface area contributed by atoms with Crippen molar-refractivity contribution >= 4 is 56.0 Å². The number of carbonyl (C=O) groups is 2. The minimum absolute atomic E-state index is 0.124. The van der Waals surface area contributed by atoms with Gasteiger partial charge in [-0.05, 0) is 89.9 Å². The predicted octanol–water partition coefficient (Wildman–Crippen LogP) is 8.60. The molecule has 3 N–H and O–H groups in total. The summed E-state index contributed by atoms with van der Waals surface area (Å²) in [5, 5.41) is 8.38. The molecule has 1 saturated carbocycles. The normalized spacial score (nSPS) is 23.9. The Morgan fingerprint density at radius 1 is 0.803 bits per heavy atom. The van der Waals surface area contributed by atoms with Crippen molar-refractivity contribution in [3.63, 3.8) is 0 Å². The van der Waals surface area contributed by atoms with E-state index in [-0.39, 0.29) is 27.9 Å². The summed E-state index contributed by atoms with van der Waals surface area (Å²) in [6, 6.07) is 23.4. The van der Waals surface area contributed by atoms with Gasteiger partial charge in [-0.15, -0.1) is 0 Å². The predicted molar refractivity (Wildman–Crippen MR) is 242 cm³/mol. The van der Waals surface area contributed by atoms with Crippen LogP contribution in [0.2, 0.25) is 5.28 Å². The van der Waals surface area contributed by atoms with Crippen molar-refractivity contribution in [3.8, 4) is 11.5 Å². The Kier molecular flexibility index (Phi) is 14.9. The molecular formula is C44H53ClFN7O11P2. The number of benzene rings is 3. The number of fused-ring (bicyclic) bond motifs is 2. The second-order valence-electron chi connectivity index (χ2n) is 16.7. The zero-order valence-electron chi connectivity index (χ0n) is 37.3. The quantitative estimate of drug-likeness (QED) is 0.0336. The number of ether oxygens (including phenoxy) is 3. The lowest BCUT2D eigenvalue weighted by atomic mass is 9.96. The van der Waals surface area contributed by atoms with E-state index in [2.05, 4.69) is 30.4 Å². The van der Waals surface area contributed by atoms with Crippen molar-refractivity contribution in [2.24, 2.45) is 11.3 Å². The molecule has 1 saturated heterocycles. The van der Waals surface area contributed by atoms with Gasteiger partial charge in [-0.1, -0.05) is 66.7 Å². The highest BCUT2D eigenvalue weighted by Gasteiger charge is 2.85. The first-order valence-corrected chi connectivity index (χ1v) is 24.8. The summed E-state index contributed by atoms with van der Waals surface area (Å²) >= 11 is 6.44. The Labute approximate surface area is 386 Å². The monoisotopic (exact) mass is 971 g/mol. The summed E-state index contributed by atoms with van der Waals surface area (Å²) in [4.78, 5) is 39.1. The number of alkyl halides is 1. The molecule has 0 spiro atoms. The van der Waals surface area contributed by atoms with Gasteiger partial charge in [0.15, 0.2) is 29.4 Å². The van der Waals surface area contributed by atoms with Crippen LogP contribution < -0.4 is 24.5 Å². The van der Waals surface area contributed by atoms with Gasteiger partial charge >= 0.3 is 27.4 Å². The Hall–Kier alpha value is -4.97. The molecule has 3 aromatic carbocycles. The van der Waals surface area contributed by atoms with E-state index < -0.39 is 94.3 Å². The number of imidazole rings is 1. The minimum atomic E-state index is -4.57. The number of nitrogens with one attached hydrogen (secondary N) is 3. The second-order valence-corrected chi connectivity index (χ2v) is 20.4. The molecule has 5 unspecified atom stereocenters. The standard InChI is InChI=1S/C44H53ClFN7O11P2/c1-27(2)60-40(54)29(5)51-65(56,63-32-19-13-9-14-20-32)58-24-34-43(7)44(34,25-59-66(57,64-33-21-15-10-16-22-33)52-30(6)41(55)61-28(3)4)36(46)39(62-43)53-26-48-35-37(49-42(45)50-38(35)53)47-23-31-17-11-8-12-18-31/h8-22,26-30,34,36,39H,23-25H2,1-7H3,(H,51,56)(H,52,57)(H,47,49,50)/t29-,30-,34-,36?,39+,43?,44?,65?,66?/m0/s1. The lowest BCUT2D eigenvalue weighted by Crippen LogP contribution is -2.38. The molecule has 0 bridgehead atoms. The zero-order valence-corrected chi connectivity index (χ0v) is 39.9. The van der Waals surface area contributed by atoms with Crippen LogP contribution in [0.25, 0.3) is 11.2 Å². The van der Waals surface area contributed by atoms with E-state index in [1.807, 2.05) is 30.3 Å². The summed E-state index contributed by atoms with van der Waals surface area (Å²) in [6.07, 6.45) is -3.03. The van der Waals surface area contributed by atoms with Crippen LogP contribution in [0.15, 0.2) is 97.3 Å². The van der Waals surface area contributed by atoms with Gasteiger partial charge in [0.05, 0.1) is 42.8 Å². The number of nitrogens with zero attached hydrogens (tertiary/aromatic N) is 4. The Balaban J connectivity index is 1.22. The number of para-hydroxylation sites is 2. The molecule has 1 aliphatic carbocycles. The maximum absolute atomic E-state index is 18.0. The lowest BCUT2D eigenvalue weighted by Gasteiger charge is -2.28. The number of aromatic nitrogens is 4. The highest BCUT2D eigenvalue weighted by molar-refractivity contribution is 7.52. The van der Waals surface area contributed by atoms with Crippen molar-refractivity contribution in [1.82, 2.24) is 29.7 Å². The zero-order chi connectivity index (χ0) is 47.4. The topological polar surface area (TPSA) is 213 Å². The number of carbonyl (C=O) groups excluding carboxylic acids is 2. The maximum Gasteiger partial charge on any atom is 0.459 e. The van der Waals surface area contributed by atoms with Gasteiger partial charge in [0.25, 0.3) is 0 Å². The minimum Gasteiger partial charge on any atom is -0.462 e. The van der Waals surface area contributed by atoms with E-state index in [1.54, 1.807) is 83.1 Å². The van der Waals surface area contributed by atoms with E-state index in [4.69, 9.17) is 43.9 Å². The van der Waals surface area contributed by atoms with Crippen LogP contribution in [0.1, 0.15) is 60.3 Å². The summed E-state index contributed by atoms with van der Waals surface area (Å²) in [5.41, 5.74) is -1.84. The van der Waals surface area contributed by atoms with Crippen LogP contribution in [-0.2, 0) is 48.5 Å². The highest BCUT2D eigenvalue weighted by Crippen LogP contribution is 2.75. The third-order valence-corrected chi connectivity index (χ3v) is 14.6. The molecule has 2 aliphatic rings. The molecule has 66 heavy (non-hydrogen) atoms. The fraction of sp³-hybridized carbons (Fsp3) is 0.432. The molecular weight excluding hydrogens is 919 g/mol. The Bertz CT molecular complexity index is 2590. The van der Waals surface area contributed by atoms with E-state index in [9.17, 15) is 18.7 Å². The molecule has 2 fully saturated rings. The molecule has 7 rings (SSSR count). The van der Waals surface area contributed by atoms with Gasteiger partial charge in [-0.25, -0.2) is 18.5 Å². The van der Waals surface area contributed by atoms with Gasteiger partial charge in [-0.3, -0.25) is 23.2 Å². The SMILES string of the molecule is CC(C)OC(=O)[C@H](C)NP(=O)(OC[C@H]1C2(C)O[C@@H](n3cnc4c(NCc5ccccc5)nc(Cl)nc43)C(F)C12COP(=O)(N[C@@H](C)C(=O)OC(C)C)Oc1ccccc1)Oc1ccccc1. The van der Waals surface area contributed by atoms with Crippen LogP contribution in [0.5, 0.6) is 11.5 Å². The van der Waals surface area contributed by atoms with Crippen molar-refractivity contribution in [2.45, 2.75) is 97.3 Å². The molecule has 9 atom stereocenters. The average Bonchev–Trinajstić information content (AvgIpc) is 3.44. The van der Waals surface area contributed by atoms with Crippen LogP contribution in [0.4, 0.5) is 10.2 Å². The van der Waals surface area contributed by atoms with Crippen molar-refractivity contribution in [2.75, 3.05) is 18.5 Å². The van der Waals surface area contributed by atoms with E-state index in [0.29, 0.717) is 12.4 Å². The molecule has 5 aromatic rings. The summed E-state index contributed by atoms with van der Waals surface area (Å²) in [6.45, 7) is 10.4. The van der Waals surface area contributed by atoms with Crippen LogP contribution >= 0.6 is 27.1 Å². The van der Waals surface area contributed by atoms with Gasteiger partial charge in [-0.2, -0.15) is 20.1 Å². The summed E-state index contributed by atoms with van der Waals surface area (Å²) in [5.74, 6) is -1.86. The Morgan fingerprint density at radius 2 is 1.32 bits per heavy atom. The van der Waals surface area contributed by atoms with E-state index in [0.717, 1.165) is 5.56 Å². The average molecular weight is 972 g/mol. The summed E-state index contributed by atoms with van der Waals surface area (Å²) < 4.78 is 90.1. The number of esters is 2. The molecule has 22 heteroatoms.